The first-order valence-corrected chi connectivity index (χ1v) is 12.7. The number of hydrogen-bond acceptors (Lipinski definition) is 4. The van der Waals surface area contributed by atoms with E-state index >= 15 is 0 Å². The van der Waals surface area contributed by atoms with E-state index in [1.54, 1.807) is 6.20 Å². The number of halogens is 3. The lowest BCUT2D eigenvalue weighted by atomic mass is 9.74. The van der Waals surface area contributed by atoms with Gasteiger partial charge in [-0.1, -0.05) is 18.2 Å². The van der Waals surface area contributed by atoms with Gasteiger partial charge >= 0.3 is 5.97 Å². The smallest absolute Gasteiger partial charge is 0.303 e. The maximum Gasteiger partial charge on any atom is 0.303 e. The molecule has 0 amide bonds. The molecule has 1 unspecified atom stereocenters. The normalized spacial score (nSPS) is 16.5. The third-order valence-electron chi connectivity index (χ3n) is 7.43. The van der Waals surface area contributed by atoms with Gasteiger partial charge in [-0.3, -0.25) is 4.79 Å². The Morgan fingerprint density at radius 3 is 2.83 bits per heavy atom. The van der Waals surface area contributed by atoms with E-state index in [-0.39, 0.29) is 28.9 Å². The molecule has 0 spiro atoms. The van der Waals surface area contributed by atoms with Crippen LogP contribution in [0.3, 0.4) is 0 Å². The molecule has 0 bridgehead atoms. The molecule has 0 fully saturated rings. The molecule has 3 aromatic carbocycles. The summed E-state index contributed by atoms with van der Waals surface area (Å²) in [5.74, 6) is -2.93. The topological polar surface area (TPSA) is 100 Å². The van der Waals surface area contributed by atoms with Crippen molar-refractivity contribution in [3.05, 3.63) is 95.2 Å². The van der Waals surface area contributed by atoms with Gasteiger partial charge in [0, 0.05) is 46.9 Å². The molecule has 7 nitrogen and oxygen atoms in total. The molecule has 5 aromatic rings. The summed E-state index contributed by atoms with van der Waals surface area (Å²) in [6.07, 6.45) is 4.04. The number of carboxylic acids is 1. The third kappa shape index (κ3) is 4.35. The number of rotatable bonds is 7. The second-order valence-corrected chi connectivity index (χ2v) is 9.95. The van der Waals surface area contributed by atoms with Gasteiger partial charge in [0.2, 0.25) is 0 Å². The lowest BCUT2D eigenvalue weighted by Crippen LogP contribution is -2.32. The van der Waals surface area contributed by atoms with Crippen LogP contribution in [0.1, 0.15) is 36.6 Å². The lowest BCUT2D eigenvalue weighted by molar-refractivity contribution is -0.136. The van der Waals surface area contributed by atoms with Crippen LogP contribution in [0.15, 0.2) is 60.9 Å². The molecular weight excluding hydrogens is 523 g/mol. The molecule has 204 valence electrons. The van der Waals surface area contributed by atoms with Gasteiger partial charge in [-0.15, -0.1) is 0 Å². The van der Waals surface area contributed by atoms with Crippen LogP contribution < -0.4 is 9.47 Å². The second-order valence-electron chi connectivity index (χ2n) is 9.95. The Balaban J connectivity index is 1.33. The van der Waals surface area contributed by atoms with Crippen LogP contribution in [-0.4, -0.2) is 32.6 Å². The number of ether oxygens (including phenoxy) is 2. The van der Waals surface area contributed by atoms with Crippen LogP contribution in [0.2, 0.25) is 0 Å². The first kappa shape index (κ1) is 25.5. The first-order chi connectivity index (χ1) is 19.2. The summed E-state index contributed by atoms with van der Waals surface area (Å²) in [6, 6.07) is 12.0. The molecule has 1 aliphatic rings. The summed E-state index contributed by atoms with van der Waals surface area (Å²) >= 11 is 0. The van der Waals surface area contributed by atoms with Crippen LogP contribution in [0.4, 0.5) is 13.2 Å². The standard InChI is InChI=1S/C30H24F3N3O4/c1-30(10-12-39-27-16(5-8-25(37)38)3-2-4-20(27)30)24-15-35-29(36-24)19-13-17(6-7-21(19)31)40-28-22(32)14-23-18(26(28)33)9-11-34-23/h2-4,6-7,9,11,13-15,34H,5,8,10,12H2,1H3,(H,35,36)(H,37,38). The zero-order valence-corrected chi connectivity index (χ0v) is 21.4. The van der Waals surface area contributed by atoms with Gasteiger partial charge in [0.15, 0.2) is 17.4 Å². The van der Waals surface area contributed by atoms with E-state index < -0.39 is 34.6 Å². The number of imidazole rings is 1. The number of aromatic nitrogens is 3. The first-order valence-electron chi connectivity index (χ1n) is 12.7. The number of H-pyrrole nitrogens is 2. The van der Waals surface area contributed by atoms with Gasteiger partial charge in [0.25, 0.3) is 0 Å². The Morgan fingerprint density at radius 1 is 1.15 bits per heavy atom. The fourth-order valence-corrected chi connectivity index (χ4v) is 5.21. The average molecular weight is 548 g/mol. The second kappa shape index (κ2) is 9.78. The summed E-state index contributed by atoms with van der Waals surface area (Å²) in [4.78, 5) is 21.5. The molecule has 3 N–H and O–H groups in total. The Morgan fingerprint density at radius 2 is 2.00 bits per heavy atom. The molecule has 2 aromatic heterocycles. The molecule has 0 aliphatic carbocycles. The minimum absolute atomic E-state index is 0.0186. The number of carboxylic acid groups (broad SMARTS) is 1. The minimum Gasteiger partial charge on any atom is -0.493 e. The molecule has 6 rings (SSSR count). The molecule has 10 heteroatoms. The van der Waals surface area contributed by atoms with Crippen molar-refractivity contribution >= 4 is 16.9 Å². The van der Waals surface area contributed by atoms with E-state index in [1.807, 2.05) is 25.1 Å². The average Bonchev–Trinajstić information content (AvgIpc) is 3.62. The monoisotopic (exact) mass is 547 g/mol. The Kier molecular flexibility index (Phi) is 6.25. The van der Waals surface area contributed by atoms with Crippen molar-refractivity contribution in [1.29, 1.82) is 0 Å². The van der Waals surface area contributed by atoms with E-state index in [0.717, 1.165) is 23.3 Å². The van der Waals surface area contributed by atoms with Crippen LogP contribution in [0.5, 0.6) is 17.2 Å². The summed E-state index contributed by atoms with van der Waals surface area (Å²) in [5, 5.41) is 9.29. The number of nitrogens with one attached hydrogen (secondary N) is 2. The maximum absolute atomic E-state index is 15.0. The predicted molar refractivity (Wildman–Crippen MR) is 141 cm³/mol. The number of aromatic amines is 2. The molecule has 1 atom stereocenters. The molecule has 40 heavy (non-hydrogen) atoms. The molecule has 3 heterocycles. The largest absolute Gasteiger partial charge is 0.493 e. The Labute approximate surface area is 226 Å². The van der Waals surface area contributed by atoms with Gasteiger partial charge in [0.05, 0.1) is 17.7 Å². The minimum atomic E-state index is -0.896. The predicted octanol–water partition coefficient (Wildman–Crippen LogP) is 6.87. The SMILES string of the molecule is CC1(c2cnc(-c3cc(Oc4c(F)cc5[nH]ccc5c4F)ccc3F)[nH]2)CCOc2c(CCC(=O)O)cccc21. The van der Waals surface area contributed by atoms with Crippen LogP contribution >= 0.6 is 0 Å². The number of para-hydroxylation sites is 1. The number of benzene rings is 3. The van der Waals surface area contributed by atoms with Crippen molar-refractivity contribution in [2.24, 2.45) is 0 Å². The highest BCUT2D eigenvalue weighted by Crippen LogP contribution is 2.45. The fourth-order valence-electron chi connectivity index (χ4n) is 5.21. The van der Waals surface area contributed by atoms with Gasteiger partial charge < -0.3 is 24.5 Å². The zero-order valence-electron chi connectivity index (χ0n) is 21.4. The van der Waals surface area contributed by atoms with Crippen molar-refractivity contribution < 1.29 is 32.5 Å². The van der Waals surface area contributed by atoms with Gasteiger partial charge in [-0.2, -0.15) is 0 Å². The maximum atomic E-state index is 15.0. The van der Waals surface area contributed by atoms with Crippen LogP contribution in [0.25, 0.3) is 22.3 Å². The van der Waals surface area contributed by atoms with Gasteiger partial charge in [0.1, 0.15) is 23.1 Å². The molecule has 0 radical (unpaired) electrons. The Hall–Kier alpha value is -4.73. The highest BCUT2D eigenvalue weighted by atomic mass is 19.1. The van der Waals surface area contributed by atoms with E-state index in [9.17, 15) is 18.0 Å². The molecule has 0 saturated carbocycles. The van der Waals surface area contributed by atoms with Crippen molar-refractivity contribution in [3.63, 3.8) is 0 Å². The van der Waals surface area contributed by atoms with E-state index in [2.05, 4.69) is 15.0 Å². The highest BCUT2D eigenvalue weighted by Gasteiger charge is 2.37. The third-order valence-corrected chi connectivity index (χ3v) is 7.43. The molecule has 1 aliphatic heterocycles. The van der Waals surface area contributed by atoms with Crippen molar-refractivity contribution in [1.82, 2.24) is 15.0 Å². The summed E-state index contributed by atoms with van der Waals surface area (Å²) in [5.41, 5.74) is 2.18. The number of fused-ring (bicyclic) bond motifs is 2. The quantitative estimate of drug-likeness (QED) is 0.206. The number of carbonyl (C=O) groups is 1. The number of aliphatic carboxylic acids is 1. The lowest BCUT2D eigenvalue weighted by Gasteiger charge is -2.36. The van der Waals surface area contributed by atoms with Gasteiger partial charge in [-0.25, -0.2) is 18.2 Å². The van der Waals surface area contributed by atoms with Crippen molar-refractivity contribution in [3.8, 4) is 28.6 Å². The summed E-state index contributed by atoms with van der Waals surface area (Å²) < 4.78 is 56.0. The number of nitrogens with zero attached hydrogens (tertiary/aromatic N) is 1. The summed E-state index contributed by atoms with van der Waals surface area (Å²) in [6.45, 7) is 2.42. The van der Waals surface area contributed by atoms with E-state index in [1.165, 1.54) is 24.4 Å². The van der Waals surface area contributed by atoms with Gasteiger partial charge in [-0.05, 0) is 49.6 Å². The van der Waals surface area contributed by atoms with E-state index in [4.69, 9.17) is 14.6 Å². The number of hydrogen-bond donors (Lipinski definition) is 3. The van der Waals surface area contributed by atoms with Crippen molar-refractivity contribution in [2.45, 2.75) is 31.6 Å². The van der Waals surface area contributed by atoms with Crippen LogP contribution in [-0.2, 0) is 16.6 Å². The highest BCUT2D eigenvalue weighted by molar-refractivity contribution is 5.82. The zero-order chi connectivity index (χ0) is 28.0. The van der Waals surface area contributed by atoms with Crippen LogP contribution in [0, 0.1) is 17.5 Å². The molecular formula is C30H24F3N3O4. The van der Waals surface area contributed by atoms with E-state index in [0.29, 0.717) is 36.4 Å². The molecule has 0 saturated heterocycles. The summed E-state index contributed by atoms with van der Waals surface area (Å²) in [7, 11) is 0. The number of aryl methyl sites for hydroxylation is 1. The van der Waals surface area contributed by atoms with Crippen molar-refractivity contribution in [2.75, 3.05) is 6.61 Å². The Bertz CT molecular complexity index is 1760. The fraction of sp³-hybridized carbons (Fsp3) is 0.200.